The normalized spacial score (nSPS) is 15.8. The Labute approximate surface area is 119 Å². The van der Waals surface area contributed by atoms with Crippen molar-refractivity contribution in [2.45, 2.75) is 66.0 Å². The first-order chi connectivity index (χ1) is 8.30. The van der Waals surface area contributed by atoms with Crippen molar-refractivity contribution in [3.05, 3.63) is 0 Å². The third kappa shape index (κ3) is 6.72. The highest BCUT2D eigenvalue weighted by atomic mass is 32.2. The van der Waals surface area contributed by atoms with Gasteiger partial charge in [-0.25, -0.2) is 8.42 Å². The third-order valence-corrected chi connectivity index (χ3v) is 4.76. The van der Waals surface area contributed by atoms with Gasteiger partial charge in [0.15, 0.2) is 0 Å². The summed E-state index contributed by atoms with van der Waals surface area (Å²) in [5, 5.41) is 0. The van der Waals surface area contributed by atoms with Crippen LogP contribution in [0.3, 0.4) is 0 Å². The van der Waals surface area contributed by atoms with Crippen LogP contribution in [-0.2, 0) is 14.8 Å². The number of methoxy groups -OCH3 is 1. The van der Waals surface area contributed by atoms with E-state index in [9.17, 15) is 8.42 Å². The smallest absolute Gasteiger partial charge is 0.211 e. The molecule has 0 aliphatic carbocycles. The van der Waals surface area contributed by atoms with Crippen LogP contribution in [0.1, 0.15) is 54.4 Å². The van der Waals surface area contributed by atoms with Crippen LogP contribution in [0.15, 0.2) is 0 Å². The Morgan fingerprint density at radius 2 is 1.58 bits per heavy atom. The van der Waals surface area contributed by atoms with Crippen molar-refractivity contribution in [1.82, 2.24) is 4.31 Å². The van der Waals surface area contributed by atoms with Gasteiger partial charge in [0.2, 0.25) is 10.0 Å². The molecule has 1 atom stereocenters. The third-order valence-electron chi connectivity index (χ3n) is 3.23. The molecular formula is C14H31NO3S. The van der Waals surface area contributed by atoms with E-state index < -0.39 is 10.0 Å². The van der Waals surface area contributed by atoms with Gasteiger partial charge in [0.25, 0.3) is 0 Å². The number of rotatable bonds is 6. The van der Waals surface area contributed by atoms with Gasteiger partial charge in [0.1, 0.15) is 0 Å². The highest BCUT2D eigenvalue weighted by Crippen LogP contribution is 2.26. The SMILES string of the molecule is COC(CCCN(C(C)(C)C)S(C)(=O)=O)C(C)(C)C. The van der Waals surface area contributed by atoms with E-state index >= 15 is 0 Å². The van der Waals surface area contributed by atoms with E-state index in [1.807, 2.05) is 20.8 Å². The molecule has 0 aromatic rings. The molecule has 0 aliphatic rings. The molecule has 4 nitrogen and oxygen atoms in total. The summed E-state index contributed by atoms with van der Waals surface area (Å²) in [6.07, 6.45) is 3.09. The van der Waals surface area contributed by atoms with Gasteiger partial charge < -0.3 is 4.74 Å². The summed E-state index contributed by atoms with van der Waals surface area (Å²) in [7, 11) is -1.45. The molecule has 0 bridgehead atoms. The van der Waals surface area contributed by atoms with Gasteiger partial charge in [0, 0.05) is 19.2 Å². The first-order valence-electron chi connectivity index (χ1n) is 6.80. The number of sulfonamides is 1. The van der Waals surface area contributed by atoms with Gasteiger partial charge in [-0.15, -0.1) is 0 Å². The van der Waals surface area contributed by atoms with Crippen LogP contribution >= 0.6 is 0 Å². The Bertz CT molecular complexity index is 363. The molecule has 0 saturated heterocycles. The lowest BCUT2D eigenvalue weighted by molar-refractivity contribution is 0.00797. The summed E-state index contributed by atoms with van der Waals surface area (Å²) in [4.78, 5) is 0. The van der Waals surface area contributed by atoms with Crippen molar-refractivity contribution in [2.75, 3.05) is 19.9 Å². The zero-order valence-corrected chi connectivity index (χ0v) is 14.6. The van der Waals surface area contributed by atoms with Crippen LogP contribution in [0.25, 0.3) is 0 Å². The molecule has 0 aromatic heterocycles. The van der Waals surface area contributed by atoms with Gasteiger partial charge in [-0.1, -0.05) is 20.8 Å². The van der Waals surface area contributed by atoms with Crippen molar-refractivity contribution in [2.24, 2.45) is 5.41 Å². The molecule has 0 aromatic carbocycles. The maximum atomic E-state index is 11.8. The van der Waals surface area contributed by atoms with Crippen LogP contribution in [0.2, 0.25) is 0 Å². The lowest BCUT2D eigenvalue weighted by atomic mass is 9.86. The second-order valence-corrected chi connectivity index (χ2v) is 9.15. The quantitative estimate of drug-likeness (QED) is 0.756. The van der Waals surface area contributed by atoms with Crippen LogP contribution in [0.5, 0.6) is 0 Å². The fraction of sp³-hybridized carbons (Fsp3) is 1.00. The zero-order chi connectivity index (χ0) is 15.5. The Morgan fingerprint density at radius 1 is 1.11 bits per heavy atom. The topological polar surface area (TPSA) is 46.6 Å². The lowest BCUT2D eigenvalue weighted by Gasteiger charge is -2.34. The fourth-order valence-corrected chi connectivity index (χ4v) is 3.78. The molecule has 0 saturated carbocycles. The minimum Gasteiger partial charge on any atom is -0.381 e. The Morgan fingerprint density at radius 3 is 1.84 bits per heavy atom. The zero-order valence-electron chi connectivity index (χ0n) is 13.8. The van der Waals surface area contributed by atoms with Crippen LogP contribution in [-0.4, -0.2) is 44.3 Å². The number of nitrogens with zero attached hydrogens (tertiary/aromatic N) is 1. The molecule has 0 heterocycles. The standard InChI is InChI=1S/C14H31NO3S/c1-13(2,3)12(18-7)10-9-11-15(14(4,5)6)19(8,16)17/h12H,9-11H2,1-8H3. The van der Waals surface area contributed by atoms with Crippen molar-refractivity contribution < 1.29 is 13.2 Å². The number of ether oxygens (including phenoxy) is 1. The van der Waals surface area contributed by atoms with Crippen molar-refractivity contribution in [1.29, 1.82) is 0 Å². The van der Waals surface area contributed by atoms with E-state index in [-0.39, 0.29) is 17.1 Å². The first kappa shape index (κ1) is 18.9. The first-order valence-corrected chi connectivity index (χ1v) is 8.65. The van der Waals surface area contributed by atoms with Gasteiger partial charge in [-0.05, 0) is 39.0 Å². The van der Waals surface area contributed by atoms with Gasteiger partial charge in [-0.2, -0.15) is 4.31 Å². The number of hydrogen-bond donors (Lipinski definition) is 0. The monoisotopic (exact) mass is 293 g/mol. The van der Waals surface area contributed by atoms with E-state index in [2.05, 4.69) is 20.8 Å². The summed E-state index contributed by atoms with van der Waals surface area (Å²) in [6, 6.07) is 0. The summed E-state index contributed by atoms with van der Waals surface area (Å²) < 4.78 is 30.7. The molecule has 116 valence electrons. The highest BCUT2D eigenvalue weighted by Gasteiger charge is 2.30. The van der Waals surface area contributed by atoms with Gasteiger partial charge in [0.05, 0.1) is 12.4 Å². The maximum absolute atomic E-state index is 11.8. The minimum absolute atomic E-state index is 0.0758. The predicted molar refractivity (Wildman–Crippen MR) is 80.8 cm³/mol. The number of hydrogen-bond acceptors (Lipinski definition) is 3. The van der Waals surface area contributed by atoms with Crippen molar-refractivity contribution in [3.8, 4) is 0 Å². The fourth-order valence-electron chi connectivity index (χ4n) is 2.32. The molecule has 1 unspecified atom stereocenters. The van der Waals surface area contributed by atoms with E-state index in [1.54, 1.807) is 11.4 Å². The highest BCUT2D eigenvalue weighted by molar-refractivity contribution is 7.88. The van der Waals surface area contributed by atoms with Crippen LogP contribution in [0.4, 0.5) is 0 Å². The average Bonchev–Trinajstić information content (AvgIpc) is 2.11. The Kier molecular flexibility index (Phi) is 6.50. The predicted octanol–water partition coefficient (Wildman–Crippen LogP) is 2.89. The molecule has 0 aliphatic heterocycles. The van der Waals surface area contributed by atoms with Crippen LogP contribution in [0, 0.1) is 5.41 Å². The second kappa shape index (κ2) is 6.55. The van der Waals surface area contributed by atoms with E-state index in [0.29, 0.717) is 6.54 Å². The molecule has 0 fully saturated rings. The van der Waals surface area contributed by atoms with Crippen LogP contribution < -0.4 is 0 Å². The molecule has 0 spiro atoms. The summed E-state index contributed by atoms with van der Waals surface area (Å²) >= 11 is 0. The summed E-state index contributed by atoms with van der Waals surface area (Å²) in [5.41, 5.74) is -0.301. The maximum Gasteiger partial charge on any atom is 0.211 e. The molecule has 0 N–H and O–H groups in total. The Hall–Kier alpha value is -0.130. The minimum atomic E-state index is -3.17. The second-order valence-electron chi connectivity index (χ2n) is 7.24. The molecule has 0 radical (unpaired) electrons. The van der Waals surface area contributed by atoms with E-state index in [0.717, 1.165) is 12.8 Å². The van der Waals surface area contributed by atoms with E-state index in [1.165, 1.54) is 6.26 Å². The Balaban J connectivity index is 4.61. The molecule has 19 heavy (non-hydrogen) atoms. The van der Waals surface area contributed by atoms with Gasteiger partial charge >= 0.3 is 0 Å². The lowest BCUT2D eigenvalue weighted by Crippen LogP contribution is -2.45. The summed E-state index contributed by atoms with van der Waals surface area (Å²) in [6.45, 7) is 12.7. The molecule has 0 amide bonds. The largest absolute Gasteiger partial charge is 0.381 e. The summed E-state index contributed by atoms with van der Waals surface area (Å²) in [5.74, 6) is 0. The molecule has 5 heteroatoms. The molecular weight excluding hydrogens is 262 g/mol. The average molecular weight is 293 g/mol. The molecule has 0 rings (SSSR count). The van der Waals surface area contributed by atoms with Crippen molar-refractivity contribution in [3.63, 3.8) is 0 Å². The van der Waals surface area contributed by atoms with E-state index in [4.69, 9.17) is 4.74 Å². The van der Waals surface area contributed by atoms with Crippen molar-refractivity contribution >= 4 is 10.0 Å². The van der Waals surface area contributed by atoms with Gasteiger partial charge in [-0.3, -0.25) is 0 Å².